The van der Waals surface area contributed by atoms with E-state index >= 15 is 0 Å². The molecule has 5 nitrogen and oxygen atoms in total. The van der Waals surface area contributed by atoms with Gasteiger partial charge in [0.15, 0.2) is 0 Å². The van der Waals surface area contributed by atoms with Crippen LogP contribution in [0.25, 0.3) is 0 Å². The summed E-state index contributed by atoms with van der Waals surface area (Å²) in [5, 5.41) is 0. The first-order chi connectivity index (χ1) is 9.07. The second-order valence-electron chi connectivity index (χ2n) is 5.51. The molecule has 1 saturated heterocycles. The summed E-state index contributed by atoms with van der Waals surface area (Å²) in [5.41, 5.74) is 5.85. The maximum absolute atomic E-state index is 12.0. The predicted molar refractivity (Wildman–Crippen MR) is 74.6 cm³/mol. The van der Waals surface area contributed by atoms with Gasteiger partial charge in [0.2, 0.25) is 0 Å². The number of carbonyl (C=O) groups excluding carboxylic acids is 1. The Kier molecular flexibility index (Phi) is 6.75. The van der Waals surface area contributed by atoms with Crippen molar-refractivity contribution in [3.05, 3.63) is 0 Å². The summed E-state index contributed by atoms with van der Waals surface area (Å²) >= 11 is 0. The summed E-state index contributed by atoms with van der Waals surface area (Å²) in [6.07, 6.45) is 3.77. The number of hydrazine groups is 1. The van der Waals surface area contributed by atoms with Crippen LogP contribution < -0.4 is 10.9 Å². The van der Waals surface area contributed by atoms with Crippen molar-refractivity contribution < 1.29 is 14.3 Å². The zero-order valence-corrected chi connectivity index (χ0v) is 12.6. The van der Waals surface area contributed by atoms with Crippen molar-refractivity contribution >= 4 is 5.97 Å². The van der Waals surface area contributed by atoms with Gasteiger partial charge in [0.05, 0.1) is 12.7 Å². The third-order valence-electron chi connectivity index (χ3n) is 4.14. The van der Waals surface area contributed by atoms with Gasteiger partial charge in [-0.15, -0.1) is 0 Å². The minimum absolute atomic E-state index is 0.114. The smallest absolute Gasteiger partial charge is 0.324 e. The second kappa shape index (κ2) is 7.82. The van der Waals surface area contributed by atoms with Crippen LogP contribution in [-0.2, 0) is 14.3 Å². The molecule has 0 aromatic rings. The Morgan fingerprint density at radius 1 is 1.47 bits per heavy atom. The molecule has 1 fully saturated rings. The number of esters is 1. The molecule has 2 unspecified atom stereocenters. The number of hydrogen-bond acceptors (Lipinski definition) is 5. The summed E-state index contributed by atoms with van der Waals surface area (Å²) in [5.74, 6) is -0.169. The van der Waals surface area contributed by atoms with E-state index in [1.54, 1.807) is 7.11 Å². The van der Waals surface area contributed by atoms with Crippen molar-refractivity contribution in [1.29, 1.82) is 0 Å². The van der Waals surface area contributed by atoms with Crippen molar-refractivity contribution in [3.8, 4) is 0 Å². The quantitative estimate of drug-likeness (QED) is 0.690. The first-order valence-electron chi connectivity index (χ1n) is 7.25. The molecule has 0 aliphatic carbocycles. The van der Waals surface area contributed by atoms with E-state index in [1.165, 1.54) is 0 Å². The Balaban J connectivity index is 2.49. The van der Waals surface area contributed by atoms with Crippen LogP contribution in [0.5, 0.6) is 0 Å². The fourth-order valence-electron chi connectivity index (χ4n) is 2.54. The molecule has 2 N–H and O–H groups in total. The topological polar surface area (TPSA) is 59.6 Å². The molecule has 3 atom stereocenters. The highest BCUT2D eigenvalue weighted by Crippen LogP contribution is 2.30. The van der Waals surface area contributed by atoms with Gasteiger partial charge in [-0.2, -0.15) is 0 Å². The van der Waals surface area contributed by atoms with Crippen LogP contribution in [0.1, 0.15) is 46.5 Å². The van der Waals surface area contributed by atoms with Gasteiger partial charge in [-0.25, -0.2) is 5.43 Å². The summed E-state index contributed by atoms with van der Waals surface area (Å²) in [6.45, 7) is 7.63. The first-order valence-corrected chi connectivity index (χ1v) is 7.25. The molecule has 19 heavy (non-hydrogen) atoms. The standard InChI is InChI=1S/C14H28N2O3/c1-5-12(18-4)14(3,6-2)10-19-13(17)11-8-7-9-15-16-11/h11-12,15-16H,5-10H2,1-4H3/t11-,12?,14?/m0/s1. The zero-order valence-electron chi connectivity index (χ0n) is 12.6. The highest BCUT2D eigenvalue weighted by atomic mass is 16.5. The molecule has 1 rings (SSSR count). The van der Waals surface area contributed by atoms with Gasteiger partial charge in [0.1, 0.15) is 6.04 Å². The second-order valence-corrected chi connectivity index (χ2v) is 5.51. The van der Waals surface area contributed by atoms with Gasteiger partial charge < -0.3 is 9.47 Å². The van der Waals surface area contributed by atoms with E-state index in [1.807, 2.05) is 0 Å². The third kappa shape index (κ3) is 4.44. The lowest BCUT2D eigenvalue weighted by molar-refractivity contribution is -0.154. The van der Waals surface area contributed by atoms with Crippen molar-refractivity contribution in [2.24, 2.45) is 5.41 Å². The van der Waals surface area contributed by atoms with Gasteiger partial charge in [-0.1, -0.05) is 20.8 Å². The average molecular weight is 272 g/mol. The lowest BCUT2D eigenvalue weighted by Crippen LogP contribution is -2.51. The summed E-state index contributed by atoms with van der Waals surface area (Å²) in [6, 6.07) is -0.225. The monoisotopic (exact) mass is 272 g/mol. The Morgan fingerprint density at radius 3 is 2.68 bits per heavy atom. The van der Waals surface area contributed by atoms with E-state index in [4.69, 9.17) is 9.47 Å². The van der Waals surface area contributed by atoms with E-state index in [0.717, 1.165) is 32.2 Å². The molecule has 0 aromatic carbocycles. The van der Waals surface area contributed by atoms with Gasteiger partial charge in [0.25, 0.3) is 0 Å². The van der Waals surface area contributed by atoms with Crippen LogP contribution >= 0.6 is 0 Å². The summed E-state index contributed by atoms with van der Waals surface area (Å²) < 4.78 is 11.0. The maximum Gasteiger partial charge on any atom is 0.324 e. The largest absolute Gasteiger partial charge is 0.464 e. The van der Waals surface area contributed by atoms with E-state index in [-0.39, 0.29) is 23.5 Å². The first kappa shape index (κ1) is 16.4. The number of nitrogens with one attached hydrogen (secondary N) is 2. The van der Waals surface area contributed by atoms with Crippen LogP contribution in [-0.4, -0.2) is 38.4 Å². The summed E-state index contributed by atoms with van der Waals surface area (Å²) in [7, 11) is 1.72. The Labute approximate surface area is 116 Å². The van der Waals surface area contributed by atoms with Crippen LogP contribution in [0.15, 0.2) is 0 Å². The molecule has 0 saturated carbocycles. The molecule has 112 valence electrons. The van der Waals surface area contributed by atoms with Crippen LogP contribution in [0.3, 0.4) is 0 Å². The third-order valence-corrected chi connectivity index (χ3v) is 4.14. The van der Waals surface area contributed by atoms with Crippen LogP contribution in [0.4, 0.5) is 0 Å². The number of carbonyl (C=O) groups is 1. The minimum atomic E-state index is -0.225. The molecule has 0 spiro atoms. The Hall–Kier alpha value is -0.650. The van der Waals surface area contributed by atoms with Gasteiger partial charge in [-0.3, -0.25) is 10.2 Å². The van der Waals surface area contributed by atoms with E-state index in [9.17, 15) is 4.79 Å². The molecule has 0 aromatic heterocycles. The van der Waals surface area contributed by atoms with Crippen LogP contribution in [0, 0.1) is 5.41 Å². The molecule has 1 heterocycles. The van der Waals surface area contributed by atoms with Crippen molar-refractivity contribution in [2.45, 2.75) is 58.6 Å². The van der Waals surface area contributed by atoms with E-state index < -0.39 is 0 Å². The fraction of sp³-hybridized carbons (Fsp3) is 0.929. The highest BCUT2D eigenvalue weighted by Gasteiger charge is 2.34. The molecule has 5 heteroatoms. The van der Waals surface area contributed by atoms with Gasteiger partial charge >= 0.3 is 5.97 Å². The maximum atomic E-state index is 12.0. The predicted octanol–water partition coefficient (Wildman–Crippen LogP) is 1.63. The molecular formula is C14H28N2O3. The zero-order chi connectivity index (χ0) is 14.3. The number of rotatable bonds is 7. The SMILES string of the molecule is CCC(OC)C(C)(CC)COC(=O)[C@@H]1CCCNN1. The fourth-order valence-corrected chi connectivity index (χ4v) is 2.54. The number of methoxy groups -OCH3 is 1. The Morgan fingerprint density at radius 2 is 2.21 bits per heavy atom. The molecule has 0 radical (unpaired) electrons. The normalized spacial score (nSPS) is 24.5. The molecular weight excluding hydrogens is 244 g/mol. The lowest BCUT2D eigenvalue weighted by atomic mass is 9.81. The summed E-state index contributed by atoms with van der Waals surface area (Å²) in [4.78, 5) is 12.0. The van der Waals surface area contributed by atoms with Crippen molar-refractivity contribution in [2.75, 3.05) is 20.3 Å². The highest BCUT2D eigenvalue weighted by molar-refractivity contribution is 5.75. The molecule has 0 amide bonds. The van der Waals surface area contributed by atoms with Gasteiger partial charge in [-0.05, 0) is 25.7 Å². The molecule has 1 aliphatic rings. The van der Waals surface area contributed by atoms with Crippen LogP contribution in [0.2, 0.25) is 0 Å². The van der Waals surface area contributed by atoms with E-state index in [2.05, 4.69) is 31.6 Å². The minimum Gasteiger partial charge on any atom is -0.464 e. The molecule has 0 bridgehead atoms. The Bertz CT molecular complexity index is 276. The van der Waals surface area contributed by atoms with Gasteiger partial charge in [0, 0.05) is 19.1 Å². The van der Waals surface area contributed by atoms with Crippen molar-refractivity contribution in [1.82, 2.24) is 10.9 Å². The average Bonchev–Trinajstić information content (AvgIpc) is 2.47. The number of hydrogen-bond donors (Lipinski definition) is 2. The van der Waals surface area contributed by atoms with Crippen molar-refractivity contribution in [3.63, 3.8) is 0 Å². The lowest BCUT2D eigenvalue weighted by Gasteiger charge is -2.35. The van der Waals surface area contributed by atoms with E-state index in [0.29, 0.717) is 6.61 Å². The molecule has 1 aliphatic heterocycles. The number of ether oxygens (including phenoxy) is 2.